The summed E-state index contributed by atoms with van der Waals surface area (Å²) in [6.07, 6.45) is 0. The van der Waals surface area contributed by atoms with E-state index < -0.39 is 0 Å². The molecule has 0 saturated heterocycles. The van der Waals surface area contributed by atoms with Gasteiger partial charge in [-0.1, -0.05) is 20.8 Å². The molecule has 0 bridgehead atoms. The molecule has 2 rings (SSSR count). The van der Waals surface area contributed by atoms with Gasteiger partial charge in [0.2, 0.25) is 0 Å². The van der Waals surface area contributed by atoms with Crippen LogP contribution in [0.1, 0.15) is 37.0 Å². The number of aromatic nitrogens is 2. The van der Waals surface area contributed by atoms with E-state index >= 15 is 0 Å². The molecule has 5 heteroatoms. The summed E-state index contributed by atoms with van der Waals surface area (Å²) in [6, 6.07) is 0. The number of hydrogen-bond acceptors (Lipinski definition) is 5. The fourth-order valence-electron chi connectivity index (χ4n) is 2.57. The normalized spacial score (nSPS) is 11.8. The summed E-state index contributed by atoms with van der Waals surface area (Å²) >= 11 is 1.76. The van der Waals surface area contributed by atoms with Crippen LogP contribution in [0.15, 0.2) is 0 Å². The molecular weight excluding hydrogens is 280 g/mol. The van der Waals surface area contributed by atoms with E-state index in [1.54, 1.807) is 11.3 Å². The van der Waals surface area contributed by atoms with Crippen molar-refractivity contribution in [1.82, 2.24) is 14.9 Å². The molecule has 0 spiro atoms. The Morgan fingerprint density at radius 1 is 1.24 bits per heavy atom. The van der Waals surface area contributed by atoms with Crippen molar-refractivity contribution in [2.45, 2.75) is 41.2 Å². The van der Waals surface area contributed by atoms with E-state index in [4.69, 9.17) is 9.97 Å². The fraction of sp³-hybridized carbons (Fsp3) is 0.625. The van der Waals surface area contributed by atoms with E-state index in [9.17, 15) is 0 Å². The summed E-state index contributed by atoms with van der Waals surface area (Å²) in [5, 5.41) is 4.41. The second-order valence-corrected chi connectivity index (χ2v) is 7.13. The van der Waals surface area contributed by atoms with E-state index in [0.29, 0.717) is 5.92 Å². The maximum absolute atomic E-state index is 4.79. The lowest BCUT2D eigenvalue weighted by atomic mass is 10.2. The Balaban J connectivity index is 2.37. The molecule has 1 N–H and O–H groups in total. The molecule has 2 aromatic heterocycles. The second kappa shape index (κ2) is 6.71. The van der Waals surface area contributed by atoms with E-state index in [1.165, 1.54) is 15.8 Å². The highest BCUT2D eigenvalue weighted by Gasteiger charge is 2.15. The molecule has 0 fully saturated rings. The third kappa shape index (κ3) is 3.52. The third-order valence-corrected chi connectivity index (χ3v) is 4.85. The van der Waals surface area contributed by atoms with E-state index in [2.05, 4.69) is 44.8 Å². The Labute approximate surface area is 131 Å². The first-order valence-corrected chi connectivity index (χ1v) is 8.44. The van der Waals surface area contributed by atoms with Gasteiger partial charge in [0, 0.05) is 18.5 Å². The van der Waals surface area contributed by atoms with Gasteiger partial charge in [-0.15, -0.1) is 11.3 Å². The molecule has 0 aliphatic rings. The largest absolute Gasteiger partial charge is 0.372 e. The van der Waals surface area contributed by atoms with Gasteiger partial charge in [-0.3, -0.25) is 4.90 Å². The predicted molar refractivity (Wildman–Crippen MR) is 92.2 cm³/mol. The lowest BCUT2D eigenvalue weighted by Crippen LogP contribution is -2.28. The maximum atomic E-state index is 4.79. The monoisotopic (exact) mass is 306 g/mol. The first-order chi connectivity index (χ1) is 9.96. The van der Waals surface area contributed by atoms with Crippen LogP contribution >= 0.6 is 11.3 Å². The molecular formula is C16H26N4S. The van der Waals surface area contributed by atoms with Crippen molar-refractivity contribution in [3.05, 3.63) is 16.3 Å². The number of nitrogens with zero attached hydrogens (tertiary/aromatic N) is 3. The second-order valence-electron chi connectivity index (χ2n) is 5.92. The van der Waals surface area contributed by atoms with Crippen LogP contribution in [0.5, 0.6) is 0 Å². The van der Waals surface area contributed by atoms with Crippen molar-refractivity contribution in [2.75, 3.05) is 25.5 Å². The Morgan fingerprint density at radius 2 is 1.95 bits per heavy atom. The molecule has 0 aromatic carbocycles. The summed E-state index contributed by atoms with van der Waals surface area (Å²) in [5.41, 5.74) is 1.29. The zero-order valence-corrected chi connectivity index (χ0v) is 14.8. The zero-order chi connectivity index (χ0) is 15.6. The zero-order valence-electron chi connectivity index (χ0n) is 13.9. The molecule has 21 heavy (non-hydrogen) atoms. The van der Waals surface area contributed by atoms with Gasteiger partial charge in [0.15, 0.2) is 0 Å². The van der Waals surface area contributed by atoms with Crippen LogP contribution in [0.2, 0.25) is 0 Å². The van der Waals surface area contributed by atoms with Crippen LogP contribution < -0.4 is 5.32 Å². The van der Waals surface area contributed by atoms with Crippen LogP contribution in [-0.4, -0.2) is 35.0 Å². The van der Waals surface area contributed by atoms with Gasteiger partial charge in [-0.05, 0) is 31.9 Å². The number of aryl methyl sites for hydroxylation is 2. The summed E-state index contributed by atoms with van der Waals surface area (Å²) < 4.78 is 0. The lowest BCUT2D eigenvalue weighted by molar-refractivity contribution is 0.243. The molecule has 0 saturated carbocycles. The molecule has 2 aromatic rings. The van der Waals surface area contributed by atoms with Crippen LogP contribution in [0.4, 0.5) is 5.82 Å². The maximum Gasteiger partial charge on any atom is 0.146 e. The highest BCUT2D eigenvalue weighted by Crippen LogP contribution is 2.33. The average molecular weight is 306 g/mol. The molecule has 0 amide bonds. The minimum atomic E-state index is 0.656. The summed E-state index contributed by atoms with van der Waals surface area (Å²) in [5.74, 6) is 2.52. The number of anilines is 1. The van der Waals surface area contributed by atoms with Crippen molar-refractivity contribution < 1.29 is 0 Å². The Kier molecular flexibility index (Phi) is 5.17. The van der Waals surface area contributed by atoms with Gasteiger partial charge < -0.3 is 5.32 Å². The Hall–Kier alpha value is -1.20. The topological polar surface area (TPSA) is 41.1 Å². The number of hydrogen-bond donors (Lipinski definition) is 1. The van der Waals surface area contributed by atoms with Crippen molar-refractivity contribution in [2.24, 2.45) is 5.92 Å². The molecule has 4 nitrogen and oxygen atoms in total. The van der Waals surface area contributed by atoms with Gasteiger partial charge >= 0.3 is 0 Å². The molecule has 0 aliphatic heterocycles. The van der Waals surface area contributed by atoms with Crippen molar-refractivity contribution in [1.29, 1.82) is 0 Å². The van der Waals surface area contributed by atoms with Crippen molar-refractivity contribution in [3.63, 3.8) is 0 Å². The predicted octanol–water partition coefficient (Wildman–Crippen LogP) is 3.83. The molecule has 0 atom stereocenters. The minimum absolute atomic E-state index is 0.656. The Morgan fingerprint density at radius 3 is 2.52 bits per heavy atom. The standard InChI is InChI=1S/C16H26N4S/c1-7-20(8-10(2)3)9-13-18-15(17-6)14-11(4)12(5)21-16(14)19-13/h10H,7-9H2,1-6H3,(H,17,18,19). The first kappa shape index (κ1) is 16.2. The summed E-state index contributed by atoms with van der Waals surface area (Å²) in [6.45, 7) is 13.9. The van der Waals surface area contributed by atoms with Crippen LogP contribution in [-0.2, 0) is 6.54 Å². The number of nitrogens with one attached hydrogen (secondary N) is 1. The van der Waals surface area contributed by atoms with E-state index in [1.807, 2.05) is 7.05 Å². The Bertz CT molecular complexity index is 618. The highest BCUT2D eigenvalue weighted by molar-refractivity contribution is 7.18. The van der Waals surface area contributed by atoms with Gasteiger partial charge in [0.05, 0.1) is 11.9 Å². The molecule has 2 heterocycles. The molecule has 0 aliphatic carbocycles. The van der Waals surface area contributed by atoms with Gasteiger partial charge in [-0.25, -0.2) is 9.97 Å². The van der Waals surface area contributed by atoms with Crippen molar-refractivity contribution in [3.8, 4) is 0 Å². The van der Waals surface area contributed by atoms with Gasteiger partial charge in [0.1, 0.15) is 16.5 Å². The van der Waals surface area contributed by atoms with Gasteiger partial charge in [0.25, 0.3) is 0 Å². The summed E-state index contributed by atoms with van der Waals surface area (Å²) in [4.78, 5) is 14.3. The average Bonchev–Trinajstić information content (AvgIpc) is 2.72. The quantitative estimate of drug-likeness (QED) is 0.880. The lowest BCUT2D eigenvalue weighted by Gasteiger charge is -2.21. The fourth-order valence-corrected chi connectivity index (χ4v) is 3.62. The van der Waals surface area contributed by atoms with Crippen LogP contribution in [0, 0.1) is 19.8 Å². The summed E-state index contributed by atoms with van der Waals surface area (Å²) in [7, 11) is 1.93. The van der Waals surface area contributed by atoms with Gasteiger partial charge in [-0.2, -0.15) is 0 Å². The number of rotatable bonds is 6. The van der Waals surface area contributed by atoms with E-state index in [-0.39, 0.29) is 0 Å². The molecule has 0 unspecified atom stereocenters. The molecule has 0 radical (unpaired) electrons. The smallest absolute Gasteiger partial charge is 0.146 e. The minimum Gasteiger partial charge on any atom is -0.372 e. The van der Waals surface area contributed by atoms with Crippen LogP contribution in [0.3, 0.4) is 0 Å². The third-order valence-electron chi connectivity index (χ3n) is 3.75. The van der Waals surface area contributed by atoms with Crippen LogP contribution in [0.25, 0.3) is 10.2 Å². The molecule has 116 valence electrons. The first-order valence-electron chi connectivity index (χ1n) is 7.62. The van der Waals surface area contributed by atoms with Crippen molar-refractivity contribution >= 4 is 27.4 Å². The highest BCUT2D eigenvalue weighted by atomic mass is 32.1. The number of fused-ring (bicyclic) bond motifs is 1. The number of thiophene rings is 1. The SMILES string of the molecule is CCN(Cc1nc(NC)c2c(C)c(C)sc2n1)CC(C)C. The van der Waals surface area contributed by atoms with E-state index in [0.717, 1.165) is 36.1 Å².